The second kappa shape index (κ2) is 4.32. The van der Waals surface area contributed by atoms with Crippen molar-refractivity contribution in [2.75, 3.05) is 6.61 Å². The van der Waals surface area contributed by atoms with E-state index in [9.17, 15) is 4.79 Å². The number of hydrogen-bond acceptors (Lipinski definition) is 2. The second-order valence-corrected chi connectivity index (χ2v) is 5.77. The molecule has 0 saturated heterocycles. The van der Waals surface area contributed by atoms with E-state index in [0.29, 0.717) is 23.9 Å². The zero-order chi connectivity index (χ0) is 12.6. The van der Waals surface area contributed by atoms with Gasteiger partial charge in [0.25, 0.3) is 0 Å². The molecule has 1 fully saturated rings. The molecule has 94 valence electrons. The Labute approximate surface area is 104 Å². The molecule has 1 saturated carbocycles. The zero-order valence-corrected chi connectivity index (χ0v) is 11.2. The fourth-order valence-corrected chi connectivity index (χ4v) is 3.54. The molecule has 2 aliphatic rings. The zero-order valence-electron chi connectivity index (χ0n) is 11.2. The average Bonchev–Trinajstić information content (AvgIpc) is 2.59. The third kappa shape index (κ3) is 1.94. The van der Waals surface area contributed by atoms with Gasteiger partial charge in [-0.25, -0.2) is 4.79 Å². The van der Waals surface area contributed by atoms with Crippen molar-refractivity contribution >= 4 is 5.97 Å². The van der Waals surface area contributed by atoms with Crippen molar-refractivity contribution in [2.24, 2.45) is 23.2 Å². The quantitative estimate of drug-likeness (QED) is 0.425. The maximum absolute atomic E-state index is 11.3. The summed E-state index contributed by atoms with van der Waals surface area (Å²) in [4.78, 5) is 11.3. The summed E-state index contributed by atoms with van der Waals surface area (Å²) in [5.41, 5.74) is 1.80. The summed E-state index contributed by atoms with van der Waals surface area (Å²) in [5.74, 6) is 1.68. The maximum atomic E-state index is 11.3. The summed E-state index contributed by atoms with van der Waals surface area (Å²) in [6.07, 6.45) is 7.22. The topological polar surface area (TPSA) is 26.3 Å². The maximum Gasteiger partial charge on any atom is 0.330 e. The van der Waals surface area contributed by atoms with Crippen molar-refractivity contribution in [3.05, 3.63) is 23.8 Å². The van der Waals surface area contributed by atoms with Crippen LogP contribution in [0.4, 0.5) is 0 Å². The van der Waals surface area contributed by atoms with Crippen molar-refractivity contribution in [2.45, 2.75) is 34.1 Å². The average molecular weight is 234 g/mol. The van der Waals surface area contributed by atoms with Crippen LogP contribution in [0.5, 0.6) is 0 Å². The Morgan fingerprint density at radius 1 is 1.59 bits per heavy atom. The van der Waals surface area contributed by atoms with Crippen molar-refractivity contribution in [3.8, 4) is 0 Å². The largest absolute Gasteiger partial charge is 0.463 e. The second-order valence-electron chi connectivity index (χ2n) is 5.77. The Balaban J connectivity index is 2.05. The lowest BCUT2D eigenvalue weighted by Gasteiger charge is -2.56. The van der Waals surface area contributed by atoms with Gasteiger partial charge < -0.3 is 4.74 Å². The van der Waals surface area contributed by atoms with Crippen LogP contribution in [0.15, 0.2) is 23.8 Å². The minimum Gasteiger partial charge on any atom is -0.463 e. The molecular formula is C15H22O2. The van der Waals surface area contributed by atoms with E-state index in [1.165, 1.54) is 12.0 Å². The number of fused-ring (bicyclic) bond motifs is 1. The third-order valence-corrected chi connectivity index (χ3v) is 4.58. The van der Waals surface area contributed by atoms with Gasteiger partial charge in [0, 0.05) is 6.08 Å². The van der Waals surface area contributed by atoms with Crippen LogP contribution >= 0.6 is 0 Å². The smallest absolute Gasteiger partial charge is 0.330 e. The van der Waals surface area contributed by atoms with Crippen LogP contribution in [0.1, 0.15) is 34.1 Å². The molecule has 0 heterocycles. The highest BCUT2D eigenvalue weighted by Crippen LogP contribution is 2.63. The number of hydrogen-bond donors (Lipinski definition) is 0. The first-order chi connectivity index (χ1) is 7.98. The highest BCUT2D eigenvalue weighted by Gasteiger charge is 2.56. The molecule has 0 N–H and O–H groups in total. The van der Waals surface area contributed by atoms with E-state index in [4.69, 9.17) is 4.74 Å². The fourth-order valence-electron chi connectivity index (χ4n) is 3.54. The van der Waals surface area contributed by atoms with Gasteiger partial charge >= 0.3 is 5.97 Å². The van der Waals surface area contributed by atoms with Gasteiger partial charge in [0.15, 0.2) is 0 Å². The summed E-state index contributed by atoms with van der Waals surface area (Å²) >= 11 is 0. The predicted octanol–water partition coefficient (Wildman–Crippen LogP) is 3.34. The van der Waals surface area contributed by atoms with Crippen molar-refractivity contribution in [3.63, 3.8) is 0 Å². The van der Waals surface area contributed by atoms with Gasteiger partial charge in [-0.15, -0.1) is 0 Å². The van der Waals surface area contributed by atoms with Crippen LogP contribution < -0.4 is 0 Å². The monoisotopic (exact) mass is 234 g/mol. The van der Waals surface area contributed by atoms with E-state index in [-0.39, 0.29) is 5.97 Å². The highest BCUT2D eigenvalue weighted by atomic mass is 16.5. The molecule has 2 aliphatic carbocycles. The summed E-state index contributed by atoms with van der Waals surface area (Å²) < 4.78 is 4.93. The van der Waals surface area contributed by atoms with Crippen LogP contribution in [-0.2, 0) is 9.53 Å². The van der Waals surface area contributed by atoms with Gasteiger partial charge in [-0.1, -0.05) is 31.6 Å². The van der Waals surface area contributed by atoms with Crippen molar-refractivity contribution < 1.29 is 9.53 Å². The van der Waals surface area contributed by atoms with Crippen molar-refractivity contribution in [1.82, 2.24) is 0 Å². The third-order valence-electron chi connectivity index (χ3n) is 4.58. The number of esters is 1. The molecule has 0 amide bonds. The molecule has 2 rings (SSSR count). The lowest BCUT2D eigenvalue weighted by atomic mass is 9.48. The number of ether oxygens (including phenoxy) is 1. The molecule has 3 unspecified atom stereocenters. The number of rotatable bonds is 3. The lowest BCUT2D eigenvalue weighted by molar-refractivity contribution is -0.137. The molecule has 0 aromatic carbocycles. The standard InChI is InChI=1S/C15H22O2/c1-5-17-13(16)9-8-12-14-10(2)6-7-11(14)15(12,3)4/h6,8-9,11-12,14H,5,7H2,1-4H3/b9-8+. The van der Waals surface area contributed by atoms with E-state index in [1.807, 2.05) is 6.92 Å². The molecule has 0 spiro atoms. The van der Waals surface area contributed by atoms with Gasteiger partial charge in [-0.3, -0.25) is 0 Å². The Kier molecular flexibility index (Phi) is 3.15. The van der Waals surface area contributed by atoms with E-state index in [1.54, 1.807) is 6.08 Å². The van der Waals surface area contributed by atoms with Crippen LogP contribution in [0.2, 0.25) is 0 Å². The molecule has 0 aliphatic heterocycles. The molecule has 0 aromatic rings. The fraction of sp³-hybridized carbons (Fsp3) is 0.667. The first-order valence-electron chi connectivity index (χ1n) is 6.50. The first-order valence-corrected chi connectivity index (χ1v) is 6.50. The van der Waals surface area contributed by atoms with E-state index < -0.39 is 0 Å². The SMILES string of the molecule is CCOC(=O)/C=C/C1C2C(C)=CCC2C1(C)C. The Morgan fingerprint density at radius 3 is 2.94 bits per heavy atom. The van der Waals surface area contributed by atoms with Gasteiger partial charge in [-0.05, 0) is 43.4 Å². The Hall–Kier alpha value is -1.05. The van der Waals surface area contributed by atoms with E-state index >= 15 is 0 Å². The van der Waals surface area contributed by atoms with Crippen LogP contribution in [0.25, 0.3) is 0 Å². The van der Waals surface area contributed by atoms with Gasteiger partial charge in [-0.2, -0.15) is 0 Å². The normalized spacial score (nSPS) is 34.1. The summed E-state index contributed by atoms with van der Waals surface area (Å²) in [5, 5.41) is 0. The van der Waals surface area contributed by atoms with Gasteiger partial charge in [0.1, 0.15) is 0 Å². The molecule has 0 bridgehead atoms. The first kappa shape index (κ1) is 12.4. The lowest BCUT2D eigenvalue weighted by Crippen LogP contribution is -2.50. The van der Waals surface area contributed by atoms with Crippen molar-refractivity contribution in [1.29, 1.82) is 0 Å². The van der Waals surface area contributed by atoms with E-state index in [2.05, 4.69) is 32.9 Å². The minimum atomic E-state index is -0.216. The molecular weight excluding hydrogens is 212 g/mol. The minimum absolute atomic E-state index is 0.216. The number of allylic oxidation sites excluding steroid dienone is 3. The highest BCUT2D eigenvalue weighted by molar-refractivity contribution is 5.82. The van der Waals surface area contributed by atoms with Crippen LogP contribution in [-0.4, -0.2) is 12.6 Å². The summed E-state index contributed by atoms with van der Waals surface area (Å²) in [6, 6.07) is 0. The van der Waals surface area contributed by atoms with Crippen LogP contribution in [0.3, 0.4) is 0 Å². The molecule has 0 radical (unpaired) electrons. The molecule has 3 atom stereocenters. The molecule has 17 heavy (non-hydrogen) atoms. The molecule has 0 aromatic heterocycles. The number of carbonyl (C=O) groups is 1. The van der Waals surface area contributed by atoms with Gasteiger partial charge in [0.05, 0.1) is 6.61 Å². The predicted molar refractivity (Wildman–Crippen MR) is 68.4 cm³/mol. The van der Waals surface area contributed by atoms with Gasteiger partial charge in [0.2, 0.25) is 0 Å². The number of carbonyl (C=O) groups excluding carboxylic acids is 1. The Morgan fingerprint density at radius 2 is 2.29 bits per heavy atom. The molecule has 2 heteroatoms. The Bertz CT molecular complexity index is 376. The summed E-state index contributed by atoms with van der Waals surface area (Å²) in [7, 11) is 0. The molecule has 2 nitrogen and oxygen atoms in total. The van der Waals surface area contributed by atoms with Crippen LogP contribution in [0, 0.1) is 23.2 Å². The summed E-state index contributed by atoms with van der Waals surface area (Å²) in [6.45, 7) is 9.10. The van der Waals surface area contributed by atoms with E-state index in [0.717, 1.165) is 5.92 Å².